The molecule has 6 heteroatoms. The third-order valence-corrected chi connectivity index (χ3v) is 6.67. The Balaban J connectivity index is 1.84. The van der Waals surface area contributed by atoms with Crippen LogP contribution in [0.25, 0.3) is 16.7 Å². The number of rotatable bonds is 3. The molecule has 1 fully saturated rings. The van der Waals surface area contributed by atoms with Gasteiger partial charge >= 0.3 is 0 Å². The number of H-pyrrole nitrogens is 1. The molecule has 4 aromatic rings. The summed E-state index contributed by atoms with van der Waals surface area (Å²) in [6.07, 6.45) is 0. The van der Waals surface area contributed by atoms with E-state index < -0.39 is 17.7 Å². The standard InChI is InChI=1S/C28H23ClN2O3/c1-15-8-9-16(2)21(14-15)26(32)24-25(23-17(3)30-22-7-5-4-6-20(22)23)31(28(34)27(24)33)19-12-10-18(29)11-13-19/h4-14,25,30,32H,1-3H3/b26-24+. The number of nitrogens with one attached hydrogen (secondary N) is 1. The first-order valence-electron chi connectivity index (χ1n) is 11.0. The van der Waals surface area contributed by atoms with Crippen molar-refractivity contribution in [1.29, 1.82) is 0 Å². The number of benzene rings is 3. The molecule has 1 aromatic heterocycles. The summed E-state index contributed by atoms with van der Waals surface area (Å²) in [5.41, 5.74) is 5.38. The predicted octanol–water partition coefficient (Wildman–Crippen LogP) is 6.37. The van der Waals surface area contributed by atoms with E-state index in [1.54, 1.807) is 24.3 Å². The fraction of sp³-hybridized carbons (Fsp3) is 0.143. The number of hydrogen-bond acceptors (Lipinski definition) is 3. The maximum absolute atomic E-state index is 13.5. The molecule has 1 unspecified atom stereocenters. The van der Waals surface area contributed by atoms with Gasteiger partial charge in [0.15, 0.2) is 0 Å². The number of anilines is 1. The number of nitrogens with zero attached hydrogens (tertiary/aromatic N) is 1. The normalized spacial score (nSPS) is 17.6. The van der Waals surface area contributed by atoms with Gasteiger partial charge in [0.2, 0.25) is 0 Å². The van der Waals surface area contributed by atoms with E-state index >= 15 is 0 Å². The number of amides is 1. The Kier molecular flexibility index (Phi) is 5.29. The van der Waals surface area contributed by atoms with Gasteiger partial charge in [-0.05, 0) is 62.7 Å². The smallest absolute Gasteiger partial charge is 0.300 e. The Hall–Kier alpha value is -3.83. The van der Waals surface area contributed by atoms with Crippen LogP contribution in [0.15, 0.2) is 72.3 Å². The molecule has 5 rings (SSSR count). The van der Waals surface area contributed by atoms with Crippen molar-refractivity contribution in [1.82, 2.24) is 4.98 Å². The molecule has 3 aromatic carbocycles. The van der Waals surface area contributed by atoms with Crippen molar-refractivity contribution in [2.24, 2.45) is 0 Å². The topological polar surface area (TPSA) is 73.4 Å². The molecule has 1 amide bonds. The summed E-state index contributed by atoms with van der Waals surface area (Å²) in [5.74, 6) is -1.59. The molecule has 0 spiro atoms. The number of hydrogen-bond donors (Lipinski definition) is 2. The van der Waals surface area contributed by atoms with Crippen molar-refractivity contribution in [3.05, 3.63) is 105 Å². The first-order valence-corrected chi connectivity index (χ1v) is 11.4. The minimum absolute atomic E-state index is 0.0708. The van der Waals surface area contributed by atoms with E-state index in [-0.39, 0.29) is 11.3 Å². The van der Waals surface area contributed by atoms with Crippen molar-refractivity contribution in [3.8, 4) is 0 Å². The molecule has 5 nitrogen and oxygen atoms in total. The third-order valence-electron chi connectivity index (χ3n) is 6.41. The number of aliphatic hydroxyl groups excluding tert-OH is 1. The lowest BCUT2D eigenvalue weighted by Crippen LogP contribution is -2.29. The lowest BCUT2D eigenvalue weighted by atomic mass is 9.91. The fourth-order valence-electron chi connectivity index (χ4n) is 4.76. The Morgan fingerprint density at radius 2 is 1.68 bits per heavy atom. The highest BCUT2D eigenvalue weighted by atomic mass is 35.5. The Morgan fingerprint density at radius 1 is 0.971 bits per heavy atom. The number of Topliss-reactive ketones (excluding diaryl/α,β-unsaturated/α-hetero) is 1. The molecule has 2 N–H and O–H groups in total. The fourth-order valence-corrected chi connectivity index (χ4v) is 4.89. The van der Waals surface area contributed by atoms with Crippen LogP contribution in [0, 0.1) is 20.8 Å². The Morgan fingerprint density at radius 3 is 2.41 bits per heavy atom. The maximum Gasteiger partial charge on any atom is 0.300 e. The monoisotopic (exact) mass is 470 g/mol. The van der Waals surface area contributed by atoms with Gasteiger partial charge in [0.25, 0.3) is 11.7 Å². The van der Waals surface area contributed by atoms with Crippen molar-refractivity contribution in [2.75, 3.05) is 4.90 Å². The van der Waals surface area contributed by atoms with Crippen LogP contribution in [-0.2, 0) is 9.59 Å². The second kappa shape index (κ2) is 8.19. The van der Waals surface area contributed by atoms with Gasteiger partial charge in [-0.25, -0.2) is 0 Å². The van der Waals surface area contributed by atoms with Gasteiger partial charge in [-0.15, -0.1) is 0 Å². The van der Waals surface area contributed by atoms with Gasteiger partial charge in [-0.3, -0.25) is 14.5 Å². The van der Waals surface area contributed by atoms with E-state index in [0.717, 1.165) is 33.3 Å². The summed E-state index contributed by atoms with van der Waals surface area (Å²) >= 11 is 6.09. The quantitative estimate of drug-likeness (QED) is 0.207. The number of carbonyl (C=O) groups is 2. The van der Waals surface area contributed by atoms with Gasteiger partial charge in [0.1, 0.15) is 5.76 Å². The van der Waals surface area contributed by atoms with Crippen molar-refractivity contribution in [2.45, 2.75) is 26.8 Å². The SMILES string of the molecule is Cc1ccc(C)c(/C(O)=C2\C(=O)C(=O)N(c3ccc(Cl)cc3)C2c2c(C)[nH]c3ccccc23)c1. The lowest BCUT2D eigenvalue weighted by Gasteiger charge is -2.26. The van der Waals surface area contributed by atoms with E-state index in [1.807, 2.05) is 63.2 Å². The number of aryl methyl sites for hydroxylation is 3. The van der Waals surface area contributed by atoms with E-state index in [9.17, 15) is 14.7 Å². The van der Waals surface area contributed by atoms with Gasteiger partial charge in [-0.1, -0.05) is 47.5 Å². The van der Waals surface area contributed by atoms with Gasteiger partial charge in [-0.2, -0.15) is 0 Å². The maximum atomic E-state index is 13.5. The van der Waals surface area contributed by atoms with Crippen LogP contribution in [0.2, 0.25) is 5.02 Å². The molecule has 1 saturated heterocycles. The van der Waals surface area contributed by atoms with Gasteiger partial charge < -0.3 is 10.1 Å². The molecular formula is C28H23ClN2O3. The highest BCUT2D eigenvalue weighted by molar-refractivity contribution is 6.52. The summed E-state index contributed by atoms with van der Waals surface area (Å²) in [5, 5.41) is 12.9. The number of aliphatic hydroxyl groups is 1. The van der Waals surface area contributed by atoms with Crippen LogP contribution < -0.4 is 4.90 Å². The average molecular weight is 471 g/mol. The predicted molar refractivity (Wildman–Crippen MR) is 135 cm³/mol. The average Bonchev–Trinajstić information content (AvgIpc) is 3.28. The second-order valence-electron chi connectivity index (χ2n) is 8.67. The molecule has 0 radical (unpaired) electrons. The Labute approximate surface area is 202 Å². The van der Waals surface area contributed by atoms with Crippen LogP contribution in [0.5, 0.6) is 0 Å². The van der Waals surface area contributed by atoms with Crippen LogP contribution in [0.4, 0.5) is 5.69 Å². The summed E-state index contributed by atoms with van der Waals surface area (Å²) < 4.78 is 0. The highest BCUT2D eigenvalue weighted by Gasteiger charge is 2.48. The highest BCUT2D eigenvalue weighted by Crippen LogP contribution is 2.45. The van der Waals surface area contributed by atoms with Gasteiger partial charge in [0, 0.05) is 38.4 Å². The Bertz CT molecular complexity index is 1500. The molecule has 0 bridgehead atoms. The van der Waals surface area contributed by atoms with Gasteiger partial charge in [0.05, 0.1) is 11.6 Å². The molecule has 170 valence electrons. The van der Waals surface area contributed by atoms with Crippen molar-refractivity contribution < 1.29 is 14.7 Å². The van der Waals surface area contributed by atoms with Crippen LogP contribution in [0.1, 0.15) is 34.0 Å². The zero-order valence-electron chi connectivity index (χ0n) is 19.0. The summed E-state index contributed by atoms with van der Waals surface area (Å²) in [6.45, 7) is 5.70. The zero-order chi connectivity index (χ0) is 24.1. The summed E-state index contributed by atoms with van der Waals surface area (Å²) in [6, 6.07) is 19.4. The van der Waals surface area contributed by atoms with E-state index in [0.29, 0.717) is 16.3 Å². The molecule has 1 aliphatic rings. The molecule has 1 atom stereocenters. The first kappa shape index (κ1) is 22.0. The molecule has 2 heterocycles. The molecule has 1 aliphatic heterocycles. The van der Waals surface area contributed by atoms with E-state index in [1.165, 1.54) is 4.90 Å². The van der Waals surface area contributed by atoms with Crippen LogP contribution >= 0.6 is 11.6 Å². The number of aromatic nitrogens is 1. The number of para-hydroxylation sites is 1. The number of ketones is 1. The van der Waals surface area contributed by atoms with Crippen LogP contribution in [0.3, 0.4) is 0 Å². The molecular weight excluding hydrogens is 448 g/mol. The van der Waals surface area contributed by atoms with Crippen LogP contribution in [-0.4, -0.2) is 21.8 Å². The molecule has 34 heavy (non-hydrogen) atoms. The first-order chi connectivity index (χ1) is 16.3. The van der Waals surface area contributed by atoms with E-state index in [2.05, 4.69) is 4.98 Å². The largest absolute Gasteiger partial charge is 0.507 e. The molecule has 0 aliphatic carbocycles. The number of aromatic amines is 1. The van der Waals surface area contributed by atoms with Crippen molar-refractivity contribution >= 4 is 45.6 Å². The number of fused-ring (bicyclic) bond motifs is 1. The lowest BCUT2D eigenvalue weighted by molar-refractivity contribution is -0.132. The minimum atomic E-state index is -0.808. The van der Waals surface area contributed by atoms with Crippen molar-refractivity contribution in [3.63, 3.8) is 0 Å². The summed E-state index contributed by atoms with van der Waals surface area (Å²) in [7, 11) is 0. The second-order valence-corrected chi connectivity index (χ2v) is 9.11. The summed E-state index contributed by atoms with van der Waals surface area (Å²) in [4.78, 5) is 31.7. The zero-order valence-corrected chi connectivity index (χ0v) is 19.8. The number of halogens is 1. The third kappa shape index (κ3) is 3.40. The molecule has 0 saturated carbocycles. The number of carbonyl (C=O) groups excluding carboxylic acids is 2. The van der Waals surface area contributed by atoms with E-state index in [4.69, 9.17) is 11.6 Å². The minimum Gasteiger partial charge on any atom is -0.507 e.